The number of hydrogen-bond acceptors (Lipinski definition) is 2. The smallest absolute Gasteiger partial charge is 0.328 e. The van der Waals surface area contributed by atoms with E-state index in [2.05, 4.69) is 0 Å². The van der Waals surface area contributed by atoms with Crippen molar-refractivity contribution in [2.75, 3.05) is 19.0 Å². The van der Waals surface area contributed by atoms with Crippen molar-refractivity contribution in [3.63, 3.8) is 0 Å². The van der Waals surface area contributed by atoms with E-state index in [-0.39, 0.29) is 0 Å². The van der Waals surface area contributed by atoms with E-state index in [1.807, 2.05) is 49.3 Å². The molecule has 3 heteroatoms. The molecule has 0 saturated heterocycles. The Hall–Kier alpha value is -2.03. The number of anilines is 1. The average Bonchev–Trinajstić information content (AvgIpc) is 2.26. The van der Waals surface area contributed by atoms with Gasteiger partial charge in [-0.2, -0.15) is 0 Å². The third-order valence-corrected chi connectivity index (χ3v) is 2.30. The minimum Gasteiger partial charge on any atom is -0.478 e. The highest BCUT2D eigenvalue weighted by atomic mass is 16.4. The van der Waals surface area contributed by atoms with E-state index in [9.17, 15) is 4.79 Å². The maximum absolute atomic E-state index is 10.4. The molecule has 0 amide bonds. The van der Waals surface area contributed by atoms with Gasteiger partial charge in [-0.1, -0.05) is 24.3 Å². The largest absolute Gasteiger partial charge is 0.478 e. The van der Waals surface area contributed by atoms with Crippen LogP contribution >= 0.6 is 0 Å². The summed E-state index contributed by atoms with van der Waals surface area (Å²) in [5, 5.41) is 8.56. The fraction of sp³-hybridized carbons (Fsp3) is 0.214. The van der Waals surface area contributed by atoms with Gasteiger partial charge in [-0.15, -0.1) is 0 Å². The monoisotopic (exact) mass is 231 g/mol. The van der Waals surface area contributed by atoms with Gasteiger partial charge in [0.2, 0.25) is 0 Å². The number of allylic oxidation sites excluding steroid dienone is 2. The highest BCUT2D eigenvalue weighted by Gasteiger charge is 1.94. The standard InChI is InChI=1S/C14H17NO2/c1-11(10-14(16)17)4-5-12-6-8-13(9-7-12)15(2)3/h4-10H,1-3H3,(H,16,17). The second-order valence-electron chi connectivity index (χ2n) is 4.05. The first-order valence-corrected chi connectivity index (χ1v) is 5.36. The van der Waals surface area contributed by atoms with Crippen LogP contribution in [0.5, 0.6) is 0 Å². The van der Waals surface area contributed by atoms with Gasteiger partial charge in [0.1, 0.15) is 0 Å². The van der Waals surface area contributed by atoms with E-state index in [4.69, 9.17) is 5.11 Å². The van der Waals surface area contributed by atoms with E-state index in [0.717, 1.165) is 11.3 Å². The number of benzene rings is 1. The second kappa shape index (κ2) is 5.89. The molecule has 0 aliphatic rings. The first-order chi connectivity index (χ1) is 7.99. The molecule has 0 spiro atoms. The van der Waals surface area contributed by atoms with Crippen LogP contribution in [-0.4, -0.2) is 25.2 Å². The van der Waals surface area contributed by atoms with Gasteiger partial charge in [0.15, 0.2) is 0 Å². The lowest BCUT2D eigenvalue weighted by atomic mass is 10.1. The molecule has 0 radical (unpaired) electrons. The lowest BCUT2D eigenvalue weighted by molar-refractivity contribution is -0.131. The molecule has 1 aromatic rings. The topological polar surface area (TPSA) is 40.5 Å². The maximum Gasteiger partial charge on any atom is 0.328 e. The van der Waals surface area contributed by atoms with E-state index >= 15 is 0 Å². The number of carboxylic acids is 1. The predicted octanol–water partition coefficient (Wildman–Crippen LogP) is 2.80. The Morgan fingerprint density at radius 1 is 1.24 bits per heavy atom. The number of carboxylic acid groups (broad SMARTS) is 1. The lowest BCUT2D eigenvalue weighted by Gasteiger charge is -2.11. The molecule has 1 aromatic carbocycles. The lowest BCUT2D eigenvalue weighted by Crippen LogP contribution is -2.07. The summed E-state index contributed by atoms with van der Waals surface area (Å²) in [7, 11) is 3.98. The second-order valence-corrected chi connectivity index (χ2v) is 4.05. The molecule has 17 heavy (non-hydrogen) atoms. The fourth-order valence-corrected chi connectivity index (χ4v) is 1.35. The van der Waals surface area contributed by atoms with Gasteiger partial charge in [-0.05, 0) is 30.2 Å². The van der Waals surface area contributed by atoms with Crippen LogP contribution < -0.4 is 4.90 Å². The molecule has 1 rings (SSSR count). The summed E-state index contributed by atoms with van der Waals surface area (Å²) in [4.78, 5) is 12.5. The third-order valence-electron chi connectivity index (χ3n) is 2.30. The Morgan fingerprint density at radius 3 is 2.29 bits per heavy atom. The van der Waals surface area contributed by atoms with Crippen LogP contribution in [0.3, 0.4) is 0 Å². The van der Waals surface area contributed by atoms with Crippen molar-refractivity contribution < 1.29 is 9.90 Å². The number of hydrogen-bond donors (Lipinski definition) is 1. The third kappa shape index (κ3) is 4.55. The van der Waals surface area contributed by atoms with Gasteiger partial charge in [-0.3, -0.25) is 0 Å². The summed E-state index contributed by atoms with van der Waals surface area (Å²) in [5.41, 5.74) is 2.91. The van der Waals surface area contributed by atoms with Gasteiger partial charge in [0, 0.05) is 25.9 Å². The van der Waals surface area contributed by atoms with Crippen molar-refractivity contribution in [3.05, 3.63) is 47.6 Å². The molecule has 0 atom stereocenters. The van der Waals surface area contributed by atoms with Crippen LogP contribution in [-0.2, 0) is 4.79 Å². The van der Waals surface area contributed by atoms with Gasteiger partial charge >= 0.3 is 5.97 Å². The maximum atomic E-state index is 10.4. The first-order valence-electron chi connectivity index (χ1n) is 5.36. The normalized spacial score (nSPS) is 11.8. The Balaban J connectivity index is 2.76. The molecule has 0 unspecified atom stereocenters. The summed E-state index contributed by atoms with van der Waals surface area (Å²) in [6.07, 6.45) is 4.87. The van der Waals surface area contributed by atoms with Crippen LogP contribution in [0.4, 0.5) is 5.69 Å². The SMILES string of the molecule is CC(C=Cc1ccc(N(C)C)cc1)=CC(=O)O. The molecule has 0 aliphatic heterocycles. The molecule has 1 N–H and O–H groups in total. The Bertz CT molecular complexity index is 442. The van der Waals surface area contributed by atoms with Crippen molar-refractivity contribution >= 4 is 17.7 Å². The van der Waals surface area contributed by atoms with Gasteiger partial charge in [0.25, 0.3) is 0 Å². The highest BCUT2D eigenvalue weighted by molar-refractivity contribution is 5.81. The average molecular weight is 231 g/mol. The Morgan fingerprint density at radius 2 is 1.82 bits per heavy atom. The van der Waals surface area contributed by atoms with E-state index in [1.54, 1.807) is 13.0 Å². The molecule has 90 valence electrons. The quantitative estimate of drug-likeness (QED) is 0.640. The number of nitrogens with zero attached hydrogens (tertiary/aromatic N) is 1. The number of carbonyl (C=O) groups is 1. The summed E-state index contributed by atoms with van der Waals surface area (Å²) in [5.74, 6) is -0.921. The molecular formula is C14H17NO2. The van der Waals surface area contributed by atoms with E-state index < -0.39 is 5.97 Å². The summed E-state index contributed by atoms with van der Waals surface area (Å²) < 4.78 is 0. The minimum absolute atomic E-state index is 0.717. The van der Waals surface area contributed by atoms with Crippen LogP contribution in [0.25, 0.3) is 6.08 Å². The highest BCUT2D eigenvalue weighted by Crippen LogP contribution is 2.13. The van der Waals surface area contributed by atoms with Crippen molar-refractivity contribution in [2.24, 2.45) is 0 Å². The zero-order valence-corrected chi connectivity index (χ0v) is 10.3. The summed E-state index contributed by atoms with van der Waals surface area (Å²) in [6.45, 7) is 1.76. The molecule has 0 aliphatic carbocycles. The predicted molar refractivity (Wildman–Crippen MR) is 71.2 cm³/mol. The molecule has 3 nitrogen and oxygen atoms in total. The summed E-state index contributed by atoms with van der Waals surface area (Å²) >= 11 is 0. The number of aliphatic carboxylic acids is 1. The van der Waals surface area contributed by atoms with E-state index in [0.29, 0.717) is 5.57 Å². The zero-order chi connectivity index (χ0) is 12.8. The van der Waals surface area contributed by atoms with E-state index in [1.165, 1.54) is 6.08 Å². The Kier molecular flexibility index (Phi) is 4.52. The Labute approximate surface area is 102 Å². The summed E-state index contributed by atoms with van der Waals surface area (Å²) in [6, 6.07) is 8.05. The van der Waals surface area contributed by atoms with Crippen molar-refractivity contribution in [2.45, 2.75) is 6.92 Å². The van der Waals surface area contributed by atoms with Crippen LogP contribution in [0.15, 0.2) is 42.0 Å². The zero-order valence-electron chi connectivity index (χ0n) is 10.3. The van der Waals surface area contributed by atoms with Crippen molar-refractivity contribution in [3.8, 4) is 0 Å². The molecule has 0 fully saturated rings. The van der Waals surface area contributed by atoms with Gasteiger partial charge in [0.05, 0.1) is 0 Å². The van der Waals surface area contributed by atoms with Crippen LogP contribution in [0, 0.1) is 0 Å². The molecule has 0 heterocycles. The molecule has 0 saturated carbocycles. The fourth-order valence-electron chi connectivity index (χ4n) is 1.35. The van der Waals surface area contributed by atoms with Crippen LogP contribution in [0.1, 0.15) is 12.5 Å². The molecule has 0 bridgehead atoms. The van der Waals surface area contributed by atoms with Crippen molar-refractivity contribution in [1.29, 1.82) is 0 Å². The minimum atomic E-state index is -0.921. The molecule has 0 aromatic heterocycles. The van der Waals surface area contributed by atoms with Gasteiger partial charge < -0.3 is 10.0 Å². The van der Waals surface area contributed by atoms with Crippen LogP contribution in [0.2, 0.25) is 0 Å². The molecular weight excluding hydrogens is 214 g/mol. The van der Waals surface area contributed by atoms with Gasteiger partial charge in [-0.25, -0.2) is 4.79 Å². The number of rotatable bonds is 4. The first kappa shape index (κ1) is 13.0. The van der Waals surface area contributed by atoms with Crippen molar-refractivity contribution in [1.82, 2.24) is 0 Å².